The predicted octanol–water partition coefficient (Wildman–Crippen LogP) is 2.09. The van der Waals surface area contributed by atoms with Gasteiger partial charge >= 0.3 is 5.97 Å². The van der Waals surface area contributed by atoms with E-state index >= 15 is 0 Å². The fourth-order valence-corrected chi connectivity index (χ4v) is 2.65. The normalized spacial score (nSPS) is 10.4. The second kappa shape index (κ2) is 6.01. The number of aromatic nitrogens is 2. The van der Waals surface area contributed by atoms with E-state index in [1.807, 2.05) is 13.8 Å². The van der Waals surface area contributed by atoms with Gasteiger partial charge in [0, 0.05) is 4.88 Å². The highest BCUT2D eigenvalue weighted by molar-refractivity contribution is 7.11. The van der Waals surface area contributed by atoms with Gasteiger partial charge in [-0.3, -0.25) is 4.79 Å². The molecule has 7 heteroatoms. The molecule has 2 aromatic heterocycles. The number of hydrogen-bond donors (Lipinski definition) is 2. The van der Waals surface area contributed by atoms with E-state index in [-0.39, 0.29) is 17.2 Å². The molecule has 0 fully saturated rings. The third-order valence-corrected chi connectivity index (χ3v) is 4.09. The number of aryl methyl sites for hydroxylation is 3. The van der Waals surface area contributed by atoms with Crippen LogP contribution in [0.25, 0.3) is 0 Å². The molecule has 21 heavy (non-hydrogen) atoms. The molecule has 0 saturated heterocycles. The lowest BCUT2D eigenvalue weighted by atomic mass is 10.2. The van der Waals surface area contributed by atoms with Crippen LogP contribution in [0.4, 0.5) is 0 Å². The number of hydrogen-bond acceptors (Lipinski definition) is 5. The van der Waals surface area contributed by atoms with Crippen molar-refractivity contribution in [2.45, 2.75) is 27.3 Å². The van der Waals surface area contributed by atoms with Crippen molar-refractivity contribution < 1.29 is 14.7 Å². The first kappa shape index (κ1) is 15.1. The highest BCUT2D eigenvalue weighted by Crippen LogP contribution is 2.16. The molecule has 110 valence electrons. The Morgan fingerprint density at radius 2 is 1.90 bits per heavy atom. The van der Waals surface area contributed by atoms with Crippen LogP contribution in [0, 0.1) is 20.8 Å². The van der Waals surface area contributed by atoms with Crippen LogP contribution in [-0.2, 0) is 6.54 Å². The number of amides is 1. The van der Waals surface area contributed by atoms with Crippen molar-refractivity contribution in [3.05, 3.63) is 44.7 Å². The Balaban J connectivity index is 2.06. The Labute approximate surface area is 125 Å². The Morgan fingerprint density at radius 1 is 1.19 bits per heavy atom. The van der Waals surface area contributed by atoms with Crippen molar-refractivity contribution in [2.75, 3.05) is 0 Å². The standard InChI is InChI=1S/C14H15N3O3S/c1-7-9(3)21-12(17-7)6-15-13(18)11-5-4-10(14(19)20)8(2)16-11/h4-5H,6H2,1-3H3,(H,15,18)(H,19,20). The molecule has 0 unspecified atom stereocenters. The van der Waals surface area contributed by atoms with Gasteiger partial charge in [-0.15, -0.1) is 11.3 Å². The zero-order chi connectivity index (χ0) is 15.6. The summed E-state index contributed by atoms with van der Waals surface area (Å²) in [5, 5.41) is 12.5. The molecule has 0 spiro atoms. The maximum absolute atomic E-state index is 12.0. The smallest absolute Gasteiger partial charge is 0.337 e. The van der Waals surface area contributed by atoms with Crippen molar-refractivity contribution in [1.82, 2.24) is 15.3 Å². The number of carbonyl (C=O) groups is 2. The van der Waals surface area contributed by atoms with Gasteiger partial charge in [-0.1, -0.05) is 0 Å². The molecular formula is C14H15N3O3S. The average Bonchev–Trinajstić information content (AvgIpc) is 2.74. The first-order valence-corrected chi connectivity index (χ1v) is 7.12. The molecule has 0 aromatic carbocycles. The monoisotopic (exact) mass is 305 g/mol. The van der Waals surface area contributed by atoms with Crippen LogP contribution < -0.4 is 5.32 Å². The lowest BCUT2D eigenvalue weighted by molar-refractivity contribution is 0.0694. The predicted molar refractivity (Wildman–Crippen MR) is 78.7 cm³/mol. The number of pyridine rings is 1. The fraction of sp³-hybridized carbons (Fsp3) is 0.286. The van der Waals surface area contributed by atoms with Gasteiger partial charge < -0.3 is 10.4 Å². The zero-order valence-electron chi connectivity index (χ0n) is 11.9. The molecule has 2 rings (SSSR count). The number of rotatable bonds is 4. The van der Waals surface area contributed by atoms with Crippen molar-refractivity contribution in [2.24, 2.45) is 0 Å². The molecule has 0 atom stereocenters. The summed E-state index contributed by atoms with van der Waals surface area (Å²) in [5.74, 6) is -1.40. The van der Waals surface area contributed by atoms with E-state index in [4.69, 9.17) is 5.11 Å². The lowest BCUT2D eigenvalue weighted by Gasteiger charge is -2.05. The minimum atomic E-state index is -1.05. The molecule has 0 aliphatic carbocycles. The second-order valence-corrected chi connectivity index (χ2v) is 5.85. The van der Waals surface area contributed by atoms with Crippen molar-refractivity contribution in [3.8, 4) is 0 Å². The first-order valence-electron chi connectivity index (χ1n) is 6.30. The third kappa shape index (κ3) is 3.43. The van der Waals surface area contributed by atoms with Gasteiger partial charge in [0.15, 0.2) is 0 Å². The molecule has 2 aromatic rings. The van der Waals surface area contributed by atoms with E-state index in [0.717, 1.165) is 15.6 Å². The van der Waals surface area contributed by atoms with Gasteiger partial charge in [-0.2, -0.15) is 0 Å². The summed E-state index contributed by atoms with van der Waals surface area (Å²) in [4.78, 5) is 32.4. The quantitative estimate of drug-likeness (QED) is 0.902. The van der Waals surface area contributed by atoms with Crippen LogP contribution in [0.2, 0.25) is 0 Å². The van der Waals surface area contributed by atoms with Crippen LogP contribution in [0.15, 0.2) is 12.1 Å². The average molecular weight is 305 g/mol. The molecular weight excluding hydrogens is 290 g/mol. The molecule has 1 amide bonds. The minimum absolute atomic E-state index is 0.0951. The number of nitrogens with zero attached hydrogens (tertiary/aromatic N) is 2. The van der Waals surface area contributed by atoms with Crippen LogP contribution in [0.1, 0.15) is 42.1 Å². The molecule has 0 radical (unpaired) electrons. The van der Waals surface area contributed by atoms with Gasteiger partial charge in [-0.25, -0.2) is 14.8 Å². The molecule has 0 aliphatic rings. The van der Waals surface area contributed by atoms with Crippen molar-refractivity contribution in [3.63, 3.8) is 0 Å². The third-order valence-electron chi connectivity index (χ3n) is 3.02. The molecule has 0 bridgehead atoms. The molecule has 2 heterocycles. The Hall–Kier alpha value is -2.28. The van der Waals surface area contributed by atoms with Crippen molar-refractivity contribution >= 4 is 23.2 Å². The summed E-state index contributed by atoms with van der Waals surface area (Å²) in [6.45, 7) is 5.80. The van der Waals surface area contributed by atoms with Crippen LogP contribution in [0.3, 0.4) is 0 Å². The fourth-order valence-electron chi connectivity index (χ4n) is 1.77. The van der Waals surface area contributed by atoms with Crippen LogP contribution in [0.5, 0.6) is 0 Å². The van der Waals surface area contributed by atoms with Gasteiger partial charge in [0.2, 0.25) is 0 Å². The Morgan fingerprint density at radius 3 is 2.43 bits per heavy atom. The molecule has 6 nitrogen and oxygen atoms in total. The first-order chi connectivity index (χ1) is 9.88. The highest BCUT2D eigenvalue weighted by Gasteiger charge is 2.13. The maximum atomic E-state index is 12.0. The van der Waals surface area contributed by atoms with E-state index < -0.39 is 5.97 Å². The number of nitrogens with one attached hydrogen (secondary N) is 1. The molecule has 0 aliphatic heterocycles. The largest absolute Gasteiger partial charge is 0.478 e. The van der Waals surface area contributed by atoms with Crippen LogP contribution in [-0.4, -0.2) is 27.0 Å². The SMILES string of the molecule is Cc1nc(C(=O)NCc2nc(C)c(C)s2)ccc1C(=O)O. The van der Waals surface area contributed by atoms with Gasteiger partial charge in [0.25, 0.3) is 5.91 Å². The minimum Gasteiger partial charge on any atom is -0.478 e. The Kier molecular flexibility index (Phi) is 4.32. The van der Waals surface area contributed by atoms with E-state index in [2.05, 4.69) is 15.3 Å². The van der Waals surface area contributed by atoms with Gasteiger partial charge in [0.05, 0.1) is 23.5 Å². The van der Waals surface area contributed by atoms with Crippen molar-refractivity contribution in [1.29, 1.82) is 0 Å². The maximum Gasteiger partial charge on any atom is 0.337 e. The summed E-state index contributed by atoms with van der Waals surface area (Å²) in [7, 11) is 0. The number of aromatic carboxylic acids is 1. The number of thiazole rings is 1. The summed E-state index contributed by atoms with van der Waals surface area (Å²) < 4.78 is 0. The summed E-state index contributed by atoms with van der Waals surface area (Å²) in [6.07, 6.45) is 0. The van der Waals surface area contributed by atoms with Gasteiger partial charge in [-0.05, 0) is 32.9 Å². The van der Waals surface area contributed by atoms with E-state index in [0.29, 0.717) is 12.2 Å². The lowest BCUT2D eigenvalue weighted by Crippen LogP contribution is -2.24. The number of carboxylic acid groups (broad SMARTS) is 1. The van der Waals surface area contributed by atoms with Gasteiger partial charge in [0.1, 0.15) is 10.7 Å². The second-order valence-electron chi connectivity index (χ2n) is 4.57. The number of carbonyl (C=O) groups excluding carboxylic acids is 1. The summed E-state index contributed by atoms with van der Waals surface area (Å²) >= 11 is 1.54. The van der Waals surface area contributed by atoms with E-state index in [1.54, 1.807) is 6.92 Å². The topological polar surface area (TPSA) is 92.2 Å². The summed E-state index contributed by atoms with van der Waals surface area (Å²) in [6, 6.07) is 2.79. The zero-order valence-corrected chi connectivity index (χ0v) is 12.7. The van der Waals surface area contributed by atoms with E-state index in [9.17, 15) is 9.59 Å². The molecule has 2 N–H and O–H groups in total. The van der Waals surface area contributed by atoms with E-state index in [1.165, 1.54) is 23.5 Å². The summed E-state index contributed by atoms with van der Waals surface area (Å²) in [5.41, 5.74) is 1.57. The highest BCUT2D eigenvalue weighted by atomic mass is 32.1. The Bertz CT molecular complexity index is 690. The van der Waals surface area contributed by atoms with Crippen LogP contribution >= 0.6 is 11.3 Å². The molecule has 0 saturated carbocycles. The number of carboxylic acids is 1.